The lowest BCUT2D eigenvalue weighted by Crippen LogP contribution is -2.63. The van der Waals surface area contributed by atoms with Gasteiger partial charge < -0.3 is 30.1 Å². The first-order valence-corrected chi connectivity index (χ1v) is 14.0. The Labute approximate surface area is 243 Å². The molecule has 4 aromatic rings. The smallest absolute Gasteiger partial charge is 0.353 e. The number of hydrogen-bond acceptors (Lipinski definition) is 9. The fourth-order valence-electron chi connectivity index (χ4n) is 6.12. The Hall–Kier alpha value is -3.90. The van der Waals surface area contributed by atoms with Crippen LogP contribution in [-0.4, -0.2) is 81.0 Å². The van der Waals surface area contributed by atoms with Crippen molar-refractivity contribution in [3.63, 3.8) is 0 Å². The average molecular weight is 571 g/mol. The van der Waals surface area contributed by atoms with Gasteiger partial charge in [0.1, 0.15) is 29.7 Å². The molecule has 1 aromatic heterocycles. The zero-order valence-electron chi connectivity index (χ0n) is 23.0. The molecule has 4 atom stereocenters. The van der Waals surface area contributed by atoms with E-state index in [1.165, 1.54) is 10.8 Å². The third-order valence-corrected chi connectivity index (χ3v) is 8.14. The van der Waals surface area contributed by atoms with Crippen LogP contribution in [0, 0.1) is 0 Å². The first-order chi connectivity index (χ1) is 20.5. The maximum absolute atomic E-state index is 13.8. The van der Waals surface area contributed by atoms with Crippen molar-refractivity contribution in [2.24, 2.45) is 0 Å². The fourth-order valence-corrected chi connectivity index (χ4v) is 6.12. The van der Waals surface area contributed by atoms with Crippen LogP contribution in [0.3, 0.4) is 0 Å². The van der Waals surface area contributed by atoms with E-state index in [4.69, 9.17) is 9.47 Å². The second kappa shape index (κ2) is 11.8. The molecule has 42 heavy (non-hydrogen) atoms. The lowest BCUT2D eigenvalue weighted by molar-refractivity contribution is -0.258. The summed E-state index contributed by atoms with van der Waals surface area (Å²) in [5.74, 6) is -1.47. The summed E-state index contributed by atoms with van der Waals surface area (Å²) < 4.78 is 12.8. The van der Waals surface area contributed by atoms with Crippen LogP contribution in [0.25, 0.3) is 0 Å². The van der Waals surface area contributed by atoms with Gasteiger partial charge in [0.25, 0.3) is 0 Å². The molecule has 218 valence electrons. The number of aliphatic hydroxyl groups is 3. The van der Waals surface area contributed by atoms with Crippen LogP contribution in [0.1, 0.15) is 16.7 Å². The van der Waals surface area contributed by atoms with Crippen molar-refractivity contribution in [2.45, 2.75) is 29.7 Å². The maximum Gasteiger partial charge on any atom is 0.353 e. The van der Waals surface area contributed by atoms with Gasteiger partial charge >= 0.3 is 5.69 Å². The summed E-state index contributed by atoms with van der Waals surface area (Å²) in [4.78, 5) is 20.0. The number of aromatic nitrogens is 2. The van der Waals surface area contributed by atoms with Crippen molar-refractivity contribution in [1.29, 1.82) is 0 Å². The van der Waals surface area contributed by atoms with Crippen LogP contribution >= 0.6 is 0 Å². The molecule has 0 bridgehead atoms. The Morgan fingerprint density at radius 2 is 1.38 bits per heavy atom. The predicted octanol–water partition coefficient (Wildman–Crippen LogP) is 1.70. The van der Waals surface area contributed by atoms with E-state index in [1.807, 2.05) is 91.0 Å². The fraction of sp³-hybridized carbons (Fsp3) is 0.312. The minimum atomic E-state index is -1.77. The molecule has 10 nitrogen and oxygen atoms in total. The first kappa shape index (κ1) is 28.2. The molecule has 2 saturated heterocycles. The molecule has 0 aliphatic carbocycles. The molecule has 0 spiro atoms. The molecule has 3 aromatic carbocycles. The van der Waals surface area contributed by atoms with Crippen molar-refractivity contribution in [3.8, 4) is 0 Å². The third-order valence-electron chi connectivity index (χ3n) is 8.14. The van der Waals surface area contributed by atoms with E-state index >= 15 is 0 Å². The number of nitrogens with one attached hydrogen (secondary N) is 1. The largest absolute Gasteiger partial charge is 0.394 e. The maximum atomic E-state index is 13.8. The van der Waals surface area contributed by atoms with Crippen molar-refractivity contribution in [3.05, 3.63) is 130 Å². The molecule has 4 N–H and O–H groups in total. The van der Waals surface area contributed by atoms with Crippen LogP contribution < -0.4 is 11.0 Å². The minimum absolute atomic E-state index is 0.302. The summed E-state index contributed by atoms with van der Waals surface area (Å²) in [5, 5.41) is 35.4. The number of hydrogen-bond donors (Lipinski definition) is 4. The topological polar surface area (TPSA) is 129 Å². The quantitative estimate of drug-likeness (QED) is 0.234. The van der Waals surface area contributed by atoms with Gasteiger partial charge in [-0.1, -0.05) is 91.0 Å². The Balaban J connectivity index is 1.48. The van der Waals surface area contributed by atoms with Crippen molar-refractivity contribution >= 4 is 5.82 Å². The van der Waals surface area contributed by atoms with Gasteiger partial charge in [0, 0.05) is 19.3 Å². The lowest BCUT2D eigenvalue weighted by atomic mass is 9.77. The summed E-state index contributed by atoms with van der Waals surface area (Å²) >= 11 is 0. The van der Waals surface area contributed by atoms with E-state index in [0.29, 0.717) is 32.1 Å². The molecular weight excluding hydrogens is 536 g/mol. The molecule has 10 heteroatoms. The Morgan fingerprint density at radius 3 is 1.83 bits per heavy atom. The highest BCUT2D eigenvalue weighted by Crippen LogP contribution is 2.41. The van der Waals surface area contributed by atoms with Crippen LogP contribution in [-0.2, 0) is 20.9 Å². The van der Waals surface area contributed by atoms with E-state index in [-0.39, 0.29) is 0 Å². The van der Waals surface area contributed by atoms with E-state index in [1.54, 1.807) is 11.0 Å². The zero-order chi connectivity index (χ0) is 29.2. The Kier molecular flexibility index (Phi) is 7.91. The molecule has 3 heterocycles. The molecule has 0 radical (unpaired) electrons. The van der Waals surface area contributed by atoms with Gasteiger partial charge in [-0.15, -0.1) is 0 Å². The number of benzene rings is 3. The van der Waals surface area contributed by atoms with Crippen molar-refractivity contribution in [2.75, 3.05) is 38.2 Å². The number of rotatable bonds is 8. The molecule has 2 fully saturated rings. The monoisotopic (exact) mass is 570 g/mol. The van der Waals surface area contributed by atoms with Gasteiger partial charge in [0.05, 0.1) is 19.8 Å². The second-order valence-electron chi connectivity index (χ2n) is 10.5. The van der Waals surface area contributed by atoms with Gasteiger partial charge in [0.15, 0.2) is 0 Å². The van der Waals surface area contributed by atoms with Crippen LogP contribution in [0.5, 0.6) is 0 Å². The standard InChI is InChI=1S/C32H34N4O6/c37-22-26-28(38)29(39)32(42-26,35-18-20-41-21-19-35)36-17-16-27(33-30(36)40)34-31(23-10-4-1-5-11-23,24-12-6-2-7-13-24)25-14-8-3-9-15-25/h1-17,26,28-29,37-39H,18-22H2,(H,33,34,40)/t26-,28-,29-,32+/m1/s1. The summed E-state index contributed by atoms with van der Waals surface area (Å²) in [5.41, 5.74) is 1.24. The first-order valence-electron chi connectivity index (χ1n) is 14.0. The van der Waals surface area contributed by atoms with Crippen molar-refractivity contribution < 1.29 is 24.8 Å². The summed E-state index contributed by atoms with van der Waals surface area (Å²) in [6, 6.07) is 31.5. The van der Waals surface area contributed by atoms with Crippen LogP contribution in [0.4, 0.5) is 5.82 Å². The lowest BCUT2D eigenvalue weighted by Gasteiger charge is -2.44. The second-order valence-corrected chi connectivity index (χ2v) is 10.5. The normalized spacial score (nSPS) is 24.9. The molecular formula is C32H34N4O6. The molecule has 0 amide bonds. The highest BCUT2D eigenvalue weighted by atomic mass is 16.6. The van der Waals surface area contributed by atoms with Gasteiger partial charge in [0.2, 0.25) is 5.85 Å². The summed E-state index contributed by atoms with van der Waals surface area (Å²) in [6.07, 6.45) is -2.52. The SMILES string of the molecule is O=c1nc(NC(c2ccccc2)(c2ccccc2)c2ccccc2)ccn1[C@]1(N2CCOCC2)O[C@H](CO)[C@@H](O)[C@H]1O. The van der Waals surface area contributed by atoms with E-state index in [9.17, 15) is 20.1 Å². The number of ether oxygens (including phenoxy) is 2. The number of nitrogens with zero attached hydrogens (tertiary/aromatic N) is 3. The molecule has 0 unspecified atom stereocenters. The van der Waals surface area contributed by atoms with E-state index in [0.717, 1.165) is 16.7 Å². The highest BCUT2D eigenvalue weighted by molar-refractivity contribution is 5.57. The Bertz CT molecular complexity index is 1430. The predicted molar refractivity (Wildman–Crippen MR) is 156 cm³/mol. The third kappa shape index (κ3) is 4.72. The van der Waals surface area contributed by atoms with Gasteiger partial charge in [-0.2, -0.15) is 4.98 Å². The summed E-state index contributed by atoms with van der Waals surface area (Å²) in [6.45, 7) is 0.863. The average Bonchev–Trinajstić information content (AvgIpc) is 3.31. The van der Waals surface area contributed by atoms with E-state index in [2.05, 4.69) is 10.3 Å². The summed E-state index contributed by atoms with van der Waals surface area (Å²) in [7, 11) is 0. The molecule has 6 rings (SSSR count). The minimum Gasteiger partial charge on any atom is -0.394 e. The number of anilines is 1. The number of morpholine rings is 1. The van der Waals surface area contributed by atoms with Gasteiger partial charge in [-0.3, -0.25) is 9.47 Å². The highest BCUT2D eigenvalue weighted by Gasteiger charge is 2.59. The van der Waals surface area contributed by atoms with Gasteiger partial charge in [-0.05, 0) is 22.8 Å². The van der Waals surface area contributed by atoms with Crippen molar-refractivity contribution in [1.82, 2.24) is 14.5 Å². The molecule has 2 aliphatic heterocycles. The Morgan fingerprint density at radius 1 is 0.857 bits per heavy atom. The van der Waals surface area contributed by atoms with Crippen LogP contribution in [0.15, 0.2) is 108 Å². The van der Waals surface area contributed by atoms with Crippen LogP contribution in [0.2, 0.25) is 0 Å². The molecule has 0 saturated carbocycles. The number of aliphatic hydroxyl groups excluding tert-OH is 3. The van der Waals surface area contributed by atoms with E-state index < -0.39 is 42.0 Å². The zero-order valence-corrected chi connectivity index (χ0v) is 23.0. The van der Waals surface area contributed by atoms with Gasteiger partial charge in [-0.25, -0.2) is 4.79 Å². The molecule has 2 aliphatic rings.